The first-order chi connectivity index (χ1) is 9.09. The molecule has 1 atom stereocenters. The lowest BCUT2D eigenvalue weighted by atomic mass is 10.1. The van der Waals surface area contributed by atoms with Crippen LogP contribution in [0.3, 0.4) is 0 Å². The van der Waals surface area contributed by atoms with Gasteiger partial charge in [-0.25, -0.2) is 0 Å². The lowest BCUT2D eigenvalue weighted by Gasteiger charge is -2.19. The van der Waals surface area contributed by atoms with Crippen molar-refractivity contribution in [3.63, 3.8) is 0 Å². The second kappa shape index (κ2) is 5.88. The van der Waals surface area contributed by atoms with Crippen LogP contribution in [0.2, 0.25) is 0 Å². The third-order valence-electron chi connectivity index (χ3n) is 2.66. The minimum atomic E-state index is -0.306. The number of benzene rings is 1. The Hall–Kier alpha value is -1.82. The summed E-state index contributed by atoms with van der Waals surface area (Å²) in [6.07, 6.45) is 1.63. The molecule has 0 spiro atoms. The number of thioether (sulfide) groups is 1. The van der Waals surface area contributed by atoms with Crippen molar-refractivity contribution >= 4 is 17.7 Å². The molecular formula is C13H16N4OS. The van der Waals surface area contributed by atoms with Crippen molar-refractivity contribution < 1.29 is 4.79 Å². The van der Waals surface area contributed by atoms with Crippen molar-refractivity contribution in [3.8, 4) is 0 Å². The van der Waals surface area contributed by atoms with Crippen molar-refractivity contribution in [2.24, 2.45) is 7.05 Å². The number of likely N-dealkylation sites (N-methyl/N-ethyl adjacent to an activating group) is 1. The van der Waals surface area contributed by atoms with E-state index in [1.807, 2.05) is 41.9 Å². The average molecular weight is 276 g/mol. The summed E-state index contributed by atoms with van der Waals surface area (Å²) < 4.78 is 1.81. The van der Waals surface area contributed by atoms with E-state index in [1.165, 1.54) is 11.8 Å². The smallest absolute Gasteiger partial charge is 0.240 e. The van der Waals surface area contributed by atoms with Gasteiger partial charge in [0.05, 0.1) is 0 Å². The number of aromatic nitrogens is 3. The van der Waals surface area contributed by atoms with Gasteiger partial charge in [0, 0.05) is 21.1 Å². The molecule has 1 aromatic heterocycles. The van der Waals surface area contributed by atoms with Crippen LogP contribution in [0.5, 0.6) is 0 Å². The molecule has 19 heavy (non-hydrogen) atoms. The number of carbonyl (C=O) groups is 1. The van der Waals surface area contributed by atoms with Gasteiger partial charge in [0.2, 0.25) is 5.91 Å². The van der Waals surface area contributed by atoms with E-state index >= 15 is 0 Å². The number of rotatable bonds is 4. The minimum absolute atomic E-state index is 0.0409. The molecule has 0 N–H and O–H groups in total. The van der Waals surface area contributed by atoms with Crippen molar-refractivity contribution in [1.29, 1.82) is 0 Å². The van der Waals surface area contributed by atoms with Crippen LogP contribution in [-0.4, -0.2) is 39.7 Å². The Bertz CT molecular complexity index is 553. The number of hydrogen-bond acceptors (Lipinski definition) is 4. The molecule has 0 bridgehead atoms. The molecule has 0 aliphatic heterocycles. The van der Waals surface area contributed by atoms with Crippen molar-refractivity contribution in [3.05, 3.63) is 42.2 Å². The van der Waals surface area contributed by atoms with E-state index in [-0.39, 0.29) is 11.2 Å². The highest BCUT2D eigenvalue weighted by Crippen LogP contribution is 2.34. The maximum atomic E-state index is 12.3. The Kier molecular flexibility index (Phi) is 4.21. The van der Waals surface area contributed by atoms with E-state index < -0.39 is 0 Å². The Morgan fingerprint density at radius 2 is 2.00 bits per heavy atom. The molecule has 0 saturated carbocycles. The Morgan fingerprint density at radius 1 is 1.32 bits per heavy atom. The molecule has 6 heteroatoms. The van der Waals surface area contributed by atoms with E-state index in [9.17, 15) is 4.79 Å². The van der Waals surface area contributed by atoms with Crippen LogP contribution in [0.25, 0.3) is 0 Å². The molecule has 2 rings (SSSR count). The first-order valence-electron chi connectivity index (χ1n) is 5.86. The highest BCUT2D eigenvalue weighted by atomic mass is 32.2. The maximum absolute atomic E-state index is 12.3. The Labute approximate surface area is 116 Å². The summed E-state index contributed by atoms with van der Waals surface area (Å²) in [5.74, 6) is 0.0409. The number of aryl methyl sites for hydroxylation is 1. The predicted octanol–water partition coefficient (Wildman–Crippen LogP) is 1.74. The van der Waals surface area contributed by atoms with Gasteiger partial charge in [-0.05, 0) is 5.56 Å². The van der Waals surface area contributed by atoms with Crippen LogP contribution in [0.1, 0.15) is 10.8 Å². The molecule has 100 valence electrons. The van der Waals surface area contributed by atoms with Crippen LogP contribution in [0, 0.1) is 0 Å². The van der Waals surface area contributed by atoms with E-state index in [2.05, 4.69) is 10.2 Å². The predicted molar refractivity (Wildman–Crippen MR) is 74.7 cm³/mol. The normalized spacial score (nSPS) is 12.2. The summed E-state index contributed by atoms with van der Waals surface area (Å²) in [7, 11) is 5.38. The van der Waals surface area contributed by atoms with Gasteiger partial charge < -0.3 is 9.47 Å². The van der Waals surface area contributed by atoms with Crippen molar-refractivity contribution in [2.45, 2.75) is 10.4 Å². The van der Waals surface area contributed by atoms with Gasteiger partial charge in [-0.3, -0.25) is 4.79 Å². The van der Waals surface area contributed by atoms with Crippen LogP contribution in [-0.2, 0) is 11.8 Å². The highest BCUT2D eigenvalue weighted by molar-refractivity contribution is 8.00. The standard InChI is InChI=1S/C13H16N4OS/c1-16(2)12(18)11(10-7-5-4-6-8-10)19-13-15-14-9-17(13)3/h4-9,11H,1-3H3/t11-/m0/s1. The molecule has 2 aromatic rings. The zero-order valence-electron chi connectivity index (χ0n) is 11.1. The van der Waals surface area contributed by atoms with Crippen LogP contribution < -0.4 is 0 Å². The van der Waals surface area contributed by atoms with Gasteiger partial charge in [0.15, 0.2) is 5.16 Å². The van der Waals surface area contributed by atoms with E-state index in [0.717, 1.165) is 10.7 Å². The van der Waals surface area contributed by atoms with E-state index in [1.54, 1.807) is 25.3 Å². The monoisotopic (exact) mass is 276 g/mol. The number of carbonyl (C=O) groups excluding carboxylic acids is 1. The molecule has 0 aliphatic carbocycles. The largest absolute Gasteiger partial charge is 0.348 e. The molecule has 0 fully saturated rings. The second-order valence-corrected chi connectivity index (χ2v) is 5.44. The van der Waals surface area contributed by atoms with Gasteiger partial charge in [-0.15, -0.1) is 10.2 Å². The summed E-state index contributed by atoms with van der Waals surface area (Å²) in [6.45, 7) is 0. The van der Waals surface area contributed by atoms with E-state index in [4.69, 9.17) is 0 Å². The van der Waals surface area contributed by atoms with E-state index in [0.29, 0.717) is 0 Å². The minimum Gasteiger partial charge on any atom is -0.348 e. The summed E-state index contributed by atoms with van der Waals surface area (Å²) >= 11 is 1.41. The van der Waals surface area contributed by atoms with Crippen LogP contribution in [0.15, 0.2) is 41.8 Å². The molecule has 5 nitrogen and oxygen atoms in total. The van der Waals surface area contributed by atoms with Gasteiger partial charge in [0.25, 0.3) is 0 Å². The number of nitrogens with zero attached hydrogens (tertiary/aromatic N) is 4. The second-order valence-electron chi connectivity index (χ2n) is 4.37. The lowest BCUT2D eigenvalue weighted by molar-refractivity contribution is -0.128. The van der Waals surface area contributed by atoms with Gasteiger partial charge >= 0.3 is 0 Å². The van der Waals surface area contributed by atoms with Gasteiger partial charge in [-0.2, -0.15) is 0 Å². The fraction of sp³-hybridized carbons (Fsp3) is 0.308. The fourth-order valence-corrected chi connectivity index (χ4v) is 2.73. The quantitative estimate of drug-likeness (QED) is 0.798. The first kappa shape index (κ1) is 13.6. The molecule has 1 amide bonds. The zero-order chi connectivity index (χ0) is 13.8. The summed E-state index contributed by atoms with van der Waals surface area (Å²) in [4.78, 5) is 13.9. The molecule has 0 radical (unpaired) electrons. The van der Waals surface area contributed by atoms with Crippen molar-refractivity contribution in [2.75, 3.05) is 14.1 Å². The van der Waals surface area contributed by atoms with Crippen molar-refractivity contribution in [1.82, 2.24) is 19.7 Å². The molecule has 0 saturated heterocycles. The molecule has 0 aliphatic rings. The Morgan fingerprint density at radius 3 is 2.53 bits per heavy atom. The molecular weight excluding hydrogens is 260 g/mol. The SMILES string of the molecule is CN(C)C(=O)[C@@H](Sc1nncn1C)c1ccccc1. The molecule has 1 heterocycles. The van der Waals surface area contributed by atoms with Gasteiger partial charge in [0.1, 0.15) is 11.6 Å². The number of hydrogen-bond donors (Lipinski definition) is 0. The first-order valence-corrected chi connectivity index (χ1v) is 6.74. The van der Waals surface area contributed by atoms with Crippen LogP contribution >= 0.6 is 11.8 Å². The summed E-state index contributed by atoms with van der Waals surface area (Å²) in [5, 5.41) is 8.29. The third kappa shape index (κ3) is 3.14. The number of amides is 1. The maximum Gasteiger partial charge on any atom is 0.240 e. The fourth-order valence-electron chi connectivity index (χ4n) is 1.61. The highest BCUT2D eigenvalue weighted by Gasteiger charge is 2.25. The topological polar surface area (TPSA) is 51.0 Å². The third-order valence-corrected chi connectivity index (χ3v) is 3.95. The lowest BCUT2D eigenvalue weighted by Crippen LogP contribution is -2.26. The Balaban J connectivity index is 2.30. The molecule has 1 aromatic carbocycles. The average Bonchev–Trinajstić information content (AvgIpc) is 2.81. The summed E-state index contributed by atoms with van der Waals surface area (Å²) in [5.41, 5.74) is 0.967. The van der Waals surface area contributed by atoms with Gasteiger partial charge in [-0.1, -0.05) is 42.1 Å². The molecule has 0 unspecified atom stereocenters. The zero-order valence-corrected chi connectivity index (χ0v) is 12.0. The summed E-state index contributed by atoms with van der Waals surface area (Å²) in [6, 6.07) is 9.71. The van der Waals surface area contributed by atoms with Crippen LogP contribution in [0.4, 0.5) is 0 Å².